The largest absolute Gasteiger partial charge is 0.446 e. The van der Waals surface area contributed by atoms with E-state index < -0.39 is 0 Å². The number of likely N-dealkylation sites (tertiary alicyclic amines) is 1. The fourth-order valence-electron chi connectivity index (χ4n) is 4.10. The molecule has 2 aliphatic rings. The fourth-order valence-corrected chi connectivity index (χ4v) is 4.10. The van der Waals surface area contributed by atoms with Crippen molar-refractivity contribution in [3.05, 3.63) is 29.8 Å². The molecule has 0 unspecified atom stereocenters. The molecule has 2 aromatic rings. The first-order valence-corrected chi connectivity index (χ1v) is 9.57. The number of aromatic amines is 1. The minimum atomic E-state index is -0.191. The zero-order chi connectivity index (χ0) is 19.7. The third-order valence-corrected chi connectivity index (χ3v) is 5.55. The topological polar surface area (TPSA) is 120 Å². The maximum atomic E-state index is 12.3. The Morgan fingerprint density at radius 3 is 2.75 bits per heavy atom. The zero-order valence-corrected chi connectivity index (χ0v) is 15.9. The number of anilines is 2. The van der Waals surface area contributed by atoms with Crippen molar-refractivity contribution in [2.45, 2.75) is 63.6 Å². The third-order valence-electron chi connectivity index (χ3n) is 5.55. The summed E-state index contributed by atoms with van der Waals surface area (Å²) in [5, 5.41) is 19.2. The van der Waals surface area contributed by atoms with E-state index in [1.807, 2.05) is 17.0 Å². The molecule has 4 atom stereocenters. The van der Waals surface area contributed by atoms with Crippen molar-refractivity contribution >= 4 is 17.7 Å². The molecule has 0 radical (unpaired) electrons. The predicted molar refractivity (Wildman–Crippen MR) is 101 cm³/mol. The molecule has 2 N–H and O–H groups in total. The van der Waals surface area contributed by atoms with E-state index in [4.69, 9.17) is 10.00 Å². The zero-order valence-electron chi connectivity index (χ0n) is 15.9. The van der Waals surface area contributed by atoms with Crippen LogP contribution in [0.15, 0.2) is 18.5 Å². The first-order valence-electron chi connectivity index (χ1n) is 9.57. The number of nitriles is 1. The quantitative estimate of drug-likeness (QED) is 0.835. The Labute approximate surface area is 163 Å². The van der Waals surface area contributed by atoms with Crippen molar-refractivity contribution in [3.8, 4) is 6.07 Å². The van der Waals surface area contributed by atoms with Crippen LogP contribution in [-0.4, -0.2) is 49.3 Å². The van der Waals surface area contributed by atoms with E-state index in [-0.39, 0.29) is 35.9 Å². The van der Waals surface area contributed by atoms with Crippen LogP contribution in [0.25, 0.3) is 0 Å². The lowest BCUT2D eigenvalue weighted by molar-refractivity contribution is 0.000894. The van der Waals surface area contributed by atoms with Gasteiger partial charge >= 0.3 is 6.09 Å². The number of hydrogen-bond donors (Lipinski definition) is 2. The Morgan fingerprint density at radius 1 is 1.25 bits per heavy atom. The van der Waals surface area contributed by atoms with Crippen molar-refractivity contribution in [1.29, 1.82) is 5.26 Å². The number of carbonyl (C=O) groups is 1. The summed E-state index contributed by atoms with van der Waals surface area (Å²) in [6, 6.07) is 4.41. The third kappa shape index (κ3) is 3.63. The van der Waals surface area contributed by atoms with Crippen LogP contribution in [0.2, 0.25) is 0 Å². The molecule has 4 rings (SSSR count). The Balaban J connectivity index is 1.32. The van der Waals surface area contributed by atoms with Crippen LogP contribution in [0.1, 0.15) is 56.8 Å². The van der Waals surface area contributed by atoms with E-state index in [2.05, 4.69) is 39.3 Å². The maximum Gasteiger partial charge on any atom is 0.410 e. The number of H-pyrrole nitrogens is 1. The Bertz CT molecular complexity index is 880. The lowest BCUT2D eigenvalue weighted by Crippen LogP contribution is -2.56. The lowest BCUT2D eigenvalue weighted by atomic mass is 9.97. The van der Waals surface area contributed by atoms with Crippen molar-refractivity contribution in [3.63, 3.8) is 0 Å². The summed E-state index contributed by atoms with van der Waals surface area (Å²) < 4.78 is 5.72. The summed E-state index contributed by atoms with van der Waals surface area (Å²) in [4.78, 5) is 22.3. The molecular weight excluding hydrogens is 358 g/mol. The highest BCUT2D eigenvalue weighted by atomic mass is 16.6. The molecule has 2 fully saturated rings. The van der Waals surface area contributed by atoms with Crippen LogP contribution in [0, 0.1) is 11.3 Å². The molecule has 1 saturated heterocycles. The van der Waals surface area contributed by atoms with Crippen LogP contribution >= 0.6 is 0 Å². The fraction of sp³-hybridized carbons (Fsp3) is 0.526. The summed E-state index contributed by atoms with van der Waals surface area (Å²) in [5.41, 5.74) is 1.27. The van der Waals surface area contributed by atoms with Crippen LogP contribution in [0.4, 0.5) is 16.4 Å². The van der Waals surface area contributed by atoms with Crippen molar-refractivity contribution < 1.29 is 9.53 Å². The highest BCUT2D eigenvalue weighted by molar-refractivity contribution is 5.69. The van der Waals surface area contributed by atoms with Gasteiger partial charge < -0.3 is 15.0 Å². The molecule has 9 heteroatoms. The molecule has 1 aliphatic heterocycles. The highest BCUT2D eigenvalue weighted by Crippen LogP contribution is 2.37. The molecule has 28 heavy (non-hydrogen) atoms. The van der Waals surface area contributed by atoms with Gasteiger partial charge in [0.25, 0.3) is 0 Å². The van der Waals surface area contributed by atoms with Crippen molar-refractivity contribution in [2.75, 3.05) is 5.32 Å². The van der Waals surface area contributed by atoms with E-state index >= 15 is 0 Å². The number of nitrogens with one attached hydrogen (secondary N) is 2. The summed E-state index contributed by atoms with van der Waals surface area (Å²) in [7, 11) is 0. The smallest absolute Gasteiger partial charge is 0.410 e. The molecule has 9 nitrogen and oxygen atoms in total. The molecule has 3 heterocycles. The van der Waals surface area contributed by atoms with Crippen LogP contribution < -0.4 is 5.32 Å². The first-order chi connectivity index (χ1) is 13.5. The van der Waals surface area contributed by atoms with Gasteiger partial charge in [0.05, 0.1) is 12.4 Å². The number of amides is 1. The molecule has 0 aromatic carbocycles. The molecule has 1 amide bonds. The summed E-state index contributed by atoms with van der Waals surface area (Å²) in [6.45, 7) is 4.10. The van der Waals surface area contributed by atoms with Gasteiger partial charge in [-0.1, -0.05) is 0 Å². The number of nitrogens with zero attached hydrogens (tertiary/aromatic N) is 5. The second-order valence-corrected chi connectivity index (χ2v) is 7.59. The Kier molecular flexibility index (Phi) is 4.86. The minimum Gasteiger partial charge on any atom is -0.446 e. The van der Waals surface area contributed by atoms with Gasteiger partial charge in [-0.15, -0.1) is 0 Å². The average Bonchev–Trinajstić information content (AvgIpc) is 3.31. The van der Waals surface area contributed by atoms with Gasteiger partial charge in [0.2, 0.25) is 0 Å². The second-order valence-electron chi connectivity index (χ2n) is 7.59. The Morgan fingerprint density at radius 2 is 2.07 bits per heavy atom. The Hall–Kier alpha value is -3.15. The molecule has 1 saturated carbocycles. The molecule has 0 spiro atoms. The van der Waals surface area contributed by atoms with E-state index in [1.54, 1.807) is 0 Å². The van der Waals surface area contributed by atoms with Gasteiger partial charge in [-0.25, -0.2) is 14.8 Å². The standard InChI is InChI=1S/C19H23N7O2/c1-11-5-12(2)26(11)19(27)28-15-4-3-13(6-15)16-7-17(25-24-16)23-18-10-21-14(8-20)9-22-18/h7,9-13,15H,3-6H2,1-2H3,(H2,22,23,24,25)/t11-,12-,13-,15+/m0/s1. The number of carbonyl (C=O) groups excluding carboxylic acids is 1. The molecule has 1 aliphatic carbocycles. The van der Waals surface area contributed by atoms with Gasteiger partial charge in [0.1, 0.15) is 18.0 Å². The SMILES string of the molecule is C[C@H]1C[C@H](C)N1C(=O)O[C@@H]1CC[C@H](c2cc(Nc3cnc(C#N)cn3)n[nH]2)C1. The number of hydrogen-bond acceptors (Lipinski definition) is 7. The monoisotopic (exact) mass is 381 g/mol. The van der Waals surface area contributed by atoms with Gasteiger partial charge in [-0.05, 0) is 39.5 Å². The number of aromatic nitrogens is 4. The van der Waals surface area contributed by atoms with Crippen molar-refractivity contribution in [2.24, 2.45) is 0 Å². The molecule has 0 bridgehead atoms. The van der Waals surface area contributed by atoms with Crippen molar-refractivity contribution in [1.82, 2.24) is 25.1 Å². The lowest BCUT2D eigenvalue weighted by Gasteiger charge is -2.44. The van der Waals surface area contributed by atoms with Gasteiger partial charge in [0, 0.05) is 29.8 Å². The predicted octanol–water partition coefficient (Wildman–Crippen LogP) is 3.07. The molecule has 2 aromatic heterocycles. The minimum absolute atomic E-state index is 0.0541. The van der Waals surface area contributed by atoms with Crippen LogP contribution in [-0.2, 0) is 4.74 Å². The average molecular weight is 381 g/mol. The van der Waals surface area contributed by atoms with Gasteiger partial charge in [-0.2, -0.15) is 10.4 Å². The van der Waals surface area contributed by atoms with E-state index in [1.165, 1.54) is 12.4 Å². The maximum absolute atomic E-state index is 12.3. The van der Waals surface area contributed by atoms with Crippen LogP contribution in [0.3, 0.4) is 0 Å². The van der Waals surface area contributed by atoms with E-state index in [0.29, 0.717) is 11.6 Å². The second kappa shape index (κ2) is 7.46. The molecule has 146 valence electrons. The first kappa shape index (κ1) is 18.2. The number of rotatable bonds is 4. The van der Waals surface area contributed by atoms with Crippen LogP contribution in [0.5, 0.6) is 0 Å². The van der Waals surface area contributed by atoms with E-state index in [9.17, 15) is 4.79 Å². The normalized spacial score (nSPS) is 26.4. The summed E-state index contributed by atoms with van der Waals surface area (Å²) in [6.07, 6.45) is 6.29. The molecular formula is C19H23N7O2. The summed E-state index contributed by atoms with van der Waals surface area (Å²) >= 11 is 0. The van der Waals surface area contributed by atoms with E-state index in [0.717, 1.165) is 31.4 Å². The highest BCUT2D eigenvalue weighted by Gasteiger charge is 2.39. The van der Waals surface area contributed by atoms with Gasteiger partial charge in [0.15, 0.2) is 11.5 Å². The number of ether oxygens (including phenoxy) is 1. The van der Waals surface area contributed by atoms with Gasteiger partial charge in [-0.3, -0.25) is 5.10 Å². The summed E-state index contributed by atoms with van der Waals surface area (Å²) in [5.74, 6) is 1.44.